The minimum Gasteiger partial charge on any atom is -0.410 e. The fourth-order valence-electron chi connectivity index (χ4n) is 5.33. The molecule has 0 radical (unpaired) electrons. The highest BCUT2D eigenvalue weighted by atomic mass is 28.4. The third-order valence-corrected chi connectivity index (χ3v) is 10.3. The molecule has 0 heterocycles. The predicted molar refractivity (Wildman–Crippen MR) is 176 cm³/mol. The number of nitrogens with one attached hydrogen (secondary N) is 1. The Balaban J connectivity index is 1.14. The summed E-state index contributed by atoms with van der Waals surface area (Å²) < 4.78 is 23.0. The van der Waals surface area contributed by atoms with Gasteiger partial charge in [-0.3, -0.25) is 0 Å². The molecule has 43 heavy (non-hydrogen) atoms. The van der Waals surface area contributed by atoms with Gasteiger partial charge in [0.15, 0.2) is 0 Å². The molecule has 1 N–H and O–H groups in total. The van der Waals surface area contributed by atoms with Crippen LogP contribution in [0.3, 0.4) is 0 Å². The van der Waals surface area contributed by atoms with E-state index in [0.29, 0.717) is 44.6 Å². The first-order valence-electron chi connectivity index (χ1n) is 14.8. The van der Waals surface area contributed by atoms with E-state index in [-0.39, 0.29) is 0 Å². The van der Waals surface area contributed by atoms with Crippen LogP contribution in [0.2, 0.25) is 6.04 Å². The van der Waals surface area contributed by atoms with Gasteiger partial charge in [0.25, 0.3) is 0 Å². The van der Waals surface area contributed by atoms with Crippen LogP contribution < -0.4 is 10.1 Å². The molecular formula is C34H37N3O5Si. The average molecular weight is 596 g/mol. The zero-order valence-electron chi connectivity index (χ0n) is 24.8. The summed E-state index contributed by atoms with van der Waals surface area (Å²) in [6.45, 7) is 7.77. The van der Waals surface area contributed by atoms with Gasteiger partial charge in [-0.2, -0.15) is 10.2 Å². The van der Waals surface area contributed by atoms with E-state index in [1.54, 1.807) is 24.6 Å². The maximum atomic E-state index is 12.3. The largest absolute Gasteiger partial charge is 0.500 e. The van der Waals surface area contributed by atoms with Crippen molar-refractivity contribution in [3.8, 4) is 5.75 Å². The topological polar surface area (TPSA) is 90.7 Å². The van der Waals surface area contributed by atoms with Crippen LogP contribution in [0.4, 0.5) is 4.79 Å². The third-order valence-electron chi connectivity index (χ3n) is 7.15. The molecule has 8 nitrogen and oxygen atoms in total. The summed E-state index contributed by atoms with van der Waals surface area (Å²) >= 11 is 0. The maximum absolute atomic E-state index is 12.3. The standard InChI is InChI=1S/C34H37N3O5Si/c1-4-39-43(40-5-2,41-6-3)22-8-21-35-34(38)42-30-18-11-25(12-19-30)23-36-37-24-29-16-15-28-14-13-26-9-7-10-27-17-20-31(29)33(28)32(26)27/h7,9-20,23-24H,4-6,8,21-22H2,1-3H3,(H,35,38)/b36-23+,37-24+. The average Bonchev–Trinajstić information content (AvgIpc) is 3.02. The van der Waals surface area contributed by atoms with Gasteiger partial charge in [0, 0.05) is 38.0 Å². The van der Waals surface area contributed by atoms with Crippen LogP contribution in [0, 0.1) is 0 Å². The van der Waals surface area contributed by atoms with E-state index in [1.807, 2.05) is 32.9 Å². The highest BCUT2D eigenvalue weighted by molar-refractivity contribution is 6.60. The Morgan fingerprint density at radius 1 is 0.744 bits per heavy atom. The van der Waals surface area contributed by atoms with Gasteiger partial charge in [-0.05, 0) is 89.3 Å². The first-order valence-corrected chi connectivity index (χ1v) is 16.7. The molecule has 0 unspecified atom stereocenters. The molecule has 222 valence electrons. The van der Waals surface area contributed by atoms with Gasteiger partial charge < -0.3 is 23.3 Å². The lowest BCUT2D eigenvalue weighted by Crippen LogP contribution is -2.46. The van der Waals surface area contributed by atoms with Crippen molar-refractivity contribution in [3.05, 3.63) is 90.0 Å². The second kappa shape index (κ2) is 14.3. The van der Waals surface area contributed by atoms with Crippen molar-refractivity contribution in [1.82, 2.24) is 5.32 Å². The van der Waals surface area contributed by atoms with Gasteiger partial charge in [-0.25, -0.2) is 4.79 Å². The van der Waals surface area contributed by atoms with Crippen molar-refractivity contribution in [1.29, 1.82) is 0 Å². The molecule has 0 bridgehead atoms. The third kappa shape index (κ3) is 7.26. The van der Waals surface area contributed by atoms with Crippen LogP contribution in [0.5, 0.6) is 5.75 Å². The van der Waals surface area contributed by atoms with Crippen molar-refractivity contribution >= 4 is 59.6 Å². The highest BCUT2D eigenvalue weighted by Gasteiger charge is 2.39. The molecule has 9 heteroatoms. The molecule has 0 fully saturated rings. The molecule has 0 spiro atoms. The quantitative estimate of drug-likeness (QED) is 0.0470. The van der Waals surface area contributed by atoms with E-state index in [2.05, 4.69) is 70.1 Å². The number of amides is 1. The van der Waals surface area contributed by atoms with Crippen LogP contribution in [-0.2, 0) is 13.3 Å². The van der Waals surface area contributed by atoms with Crippen molar-refractivity contribution in [2.45, 2.75) is 33.2 Å². The maximum Gasteiger partial charge on any atom is 0.500 e. The van der Waals surface area contributed by atoms with Crippen LogP contribution in [0.1, 0.15) is 38.3 Å². The van der Waals surface area contributed by atoms with Crippen LogP contribution >= 0.6 is 0 Å². The Hall–Kier alpha value is -4.15. The molecule has 5 rings (SSSR count). The second-order valence-electron chi connectivity index (χ2n) is 9.97. The molecule has 0 saturated heterocycles. The Morgan fingerprint density at radius 3 is 2.02 bits per heavy atom. The first-order chi connectivity index (χ1) is 21.1. The summed E-state index contributed by atoms with van der Waals surface area (Å²) in [4.78, 5) is 12.3. The number of hydrogen-bond acceptors (Lipinski definition) is 7. The Bertz CT molecular complexity index is 1690. The molecule has 0 aliphatic rings. The Kier molecular flexibility index (Phi) is 10.1. The van der Waals surface area contributed by atoms with Crippen LogP contribution in [0.25, 0.3) is 32.3 Å². The zero-order chi connectivity index (χ0) is 30.1. The molecule has 0 aromatic heterocycles. The SMILES string of the molecule is CCO[Si](CCCNC(=O)Oc1ccc(/C=N/N=C/c2ccc3ccc4cccc5ccc2c3c45)cc1)(OCC)OCC. The van der Waals surface area contributed by atoms with Gasteiger partial charge in [-0.1, -0.05) is 54.6 Å². The lowest BCUT2D eigenvalue weighted by Gasteiger charge is -2.28. The summed E-state index contributed by atoms with van der Waals surface area (Å²) in [7, 11) is -2.72. The summed E-state index contributed by atoms with van der Waals surface area (Å²) in [5.74, 6) is 0.438. The molecule has 5 aromatic rings. The van der Waals surface area contributed by atoms with Crippen LogP contribution in [0.15, 0.2) is 89.1 Å². The van der Waals surface area contributed by atoms with Crippen molar-refractivity contribution in [3.63, 3.8) is 0 Å². The summed E-state index contributed by atoms with van der Waals surface area (Å²) in [6.07, 6.45) is 3.59. The lowest BCUT2D eigenvalue weighted by atomic mass is 9.92. The van der Waals surface area contributed by atoms with E-state index in [0.717, 1.165) is 16.5 Å². The molecule has 0 atom stereocenters. The summed E-state index contributed by atoms with van der Waals surface area (Å²) in [6, 6.07) is 27.0. The number of rotatable bonds is 14. The molecule has 0 aliphatic carbocycles. The van der Waals surface area contributed by atoms with Crippen molar-refractivity contribution in [2.75, 3.05) is 26.4 Å². The number of carbonyl (C=O) groups is 1. The van der Waals surface area contributed by atoms with Gasteiger partial charge >= 0.3 is 14.9 Å². The second-order valence-corrected chi connectivity index (χ2v) is 12.7. The summed E-state index contributed by atoms with van der Waals surface area (Å²) in [5.41, 5.74) is 1.85. The fraction of sp³-hybridized carbons (Fsp3) is 0.265. The number of ether oxygens (including phenoxy) is 1. The molecule has 1 amide bonds. The minimum atomic E-state index is -2.72. The highest BCUT2D eigenvalue weighted by Crippen LogP contribution is 2.35. The first kappa shape index (κ1) is 30.3. The number of benzene rings is 5. The molecular weight excluding hydrogens is 558 g/mol. The number of nitrogens with zero attached hydrogens (tertiary/aromatic N) is 2. The number of carbonyl (C=O) groups excluding carboxylic acids is 1. The van der Waals surface area contributed by atoms with E-state index in [4.69, 9.17) is 18.0 Å². The van der Waals surface area contributed by atoms with Gasteiger partial charge in [0.05, 0.1) is 12.4 Å². The smallest absolute Gasteiger partial charge is 0.410 e. The van der Waals surface area contributed by atoms with Gasteiger partial charge in [-0.15, -0.1) is 0 Å². The van der Waals surface area contributed by atoms with E-state index < -0.39 is 14.9 Å². The molecule has 0 saturated carbocycles. The minimum absolute atomic E-state index is 0.426. The van der Waals surface area contributed by atoms with E-state index >= 15 is 0 Å². The van der Waals surface area contributed by atoms with E-state index in [1.165, 1.54) is 26.9 Å². The van der Waals surface area contributed by atoms with Crippen molar-refractivity contribution < 1.29 is 22.8 Å². The fourth-order valence-corrected chi connectivity index (χ4v) is 7.94. The van der Waals surface area contributed by atoms with Gasteiger partial charge in [0.1, 0.15) is 5.75 Å². The lowest BCUT2D eigenvalue weighted by molar-refractivity contribution is 0.0708. The number of hydrogen-bond donors (Lipinski definition) is 1. The van der Waals surface area contributed by atoms with Crippen molar-refractivity contribution in [2.24, 2.45) is 10.2 Å². The normalized spacial score (nSPS) is 12.3. The Labute approximate surface area is 253 Å². The monoisotopic (exact) mass is 595 g/mol. The predicted octanol–water partition coefficient (Wildman–Crippen LogP) is 7.56. The van der Waals surface area contributed by atoms with Gasteiger partial charge in [0.2, 0.25) is 0 Å². The van der Waals surface area contributed by atoms with Crippen LogP contribution in [-0.4, -0.2) is 53.7 Å². The Morgan fingerprint density at radius 2 is 1.35 bits per heavy atom. The molecule has 5 aromatic carbocycles. The summed E-state index contributed by atoms with van der Waals surface area (Å²) in [5, 5.41) is 18.7. The zero-order valence-corrected chi connectivity index (χ0v) is 25.8. The van der Waals surface area contributed by atoms with E-state index in [9.17, 15) is 4.79 Å². The molecule has 0 aliphatic heterocycles.